The highest BCUT2D eigenvalue weighted by Gasteiger charge is 2.08. The summed E-state index contributed by atoms with van der Waals surface area (Å²) in [6.45, 7) is 2.52. The Morgan fingerprint density at radius 3 is 2.77 bits per heavy atom. The standard InChI is InChI=1S/C21H22N2O3/c1-14-4-3-5-15(10-14)13-22-20(24)9-7-17-11-16-6-8-18(26-2)12-19(16)23-21(17)25/h3-6,8,10-12H,7,9,13H2,1-2H3,(H,22,24)(H,23,25). The number of ether oxygens (including phenoxy) is 1. The maximum atomic E-state index is 12.2. The summed E-state index contributed by atoms with van der Waals surface area (Å²) >= 11 is 0. The number of benzene rings is 2. The largest absolute Gasteiger partial charge is 0.497 e. The first-order valence-electron chi connectivity index (χ1n) is 8.57. The molecule has 0 unspecified atom stereocenters. The molecule has 0 fully saturated rings. The number of carbonyl (C=O) groups is 1. The smallest absolute Gasteiger partial charge is 0.251 e. The third kappa shape index (κ3) is 4.30. The molecular weight excluding hydrogens is 328 g/mol. The Bertz CT molecular complexity index is 992. The Labute approximate surface area is 152 Å². The van der Waals surface area contributed by atoms with Gasteiger partial charge in [0, 0.05) is 24.6 Å². The van der Waals surface area contributed by atoms with E-state index in [4.69, 9.17) is 4.74 Å². The molecule has 2 aromatic carbocycles. The minimum Gasteiger partial charge on any atom is -0.497 e. The number of carbonyl (C=O) groups excluding carboxylic acids is 1. The number of nitrogens with one attached hydrogen (secondary N) is 2. The zero-order valence-corrected chi connectivity index (χ0v) is 15.0. The third-order valence-electron chi connectivity index (χ3n) is 4.32. The monoisotopic (exact) mass is 350 g/mol. The van der Waals surface area contributed by atoms with E-state index in [2.05, 4.69) is 10.3 Å². The predicted molar refractivity (Wildman–Crippen MR) is 102 cm³/mol. The Balaban J connectivity index is 1.62. The van der Waals surface area contributed by atoms with Crippen molar-refractivity contribution in [2.24, 2.45) is 0 Å². The molecule has 0 saturated heterocycles. The van der Waals surface area contributed by atoms with Crippen molar-refractivity contribution in [3.8, 4) is 5.75 Å². The molecule has 0 radical (unpaired) electrons. The van der Waals surface area contributed by atoms with Crippen LogP contribution in [0.15, 0.2) is 53.3 Å². The van der Waals surface area contributed by atoms with E-state index < -0.39 is 0 Å². The van der Waals surface area contributed by atoms with Gasteiger partial charge in [-0.3, -0.25) is 9.59 Å². The second kappa shape index (κ2) is 7.87. The van der Waals surface area contributed by atoms with E-state index >= 15 is 0 Å². The number of aryl methyl sites for hydroxylation is 2. The van der Waals surface area contributed by atoms with Gasteiger partial charge < -0.3 is 15.0 Å². The van der Waals surface area contributed by atoms with Crippen molar-refractivity contribution in [1.29, 1.82) is 0 Å². The molecule has 5 nitrogen and oxygen atoms in total. The minimum atomic E-state index is -0.169. The zero-order valence-electron chi connectivity index (χ0n) is 15.0. The first kappa shape index (κ1) is 17.7. The van der Waals surface area contributed by atoms with Gasteiger partial charge in [0.1, 0.15) is 5.75 Å². The van der Waals surface area contributed by atoms with Crippen LogP contribution in [0.1, 0.15) is 23.1 Å². The van der Waals surface area contributed by atoms with Crippen LogP contribution < -0.4 is 15.6 Å². The van der Waals surface area contributed by atoms with Crippen molar-refractivity contribution in [2.45, 2.75) is 26.3 Å². The number of pyridine rings is 1. The number of aromatic amines is 1. The molecule has 1 amide bonds. The Kier molecular flexibility index (Phi) is 5.37. The minimum absolute atomic E-state index is 0.0688. The maximum Gasteiger partial charge on any atom is 0.251 e. The molecule has 0 atom stereocenters. The van der Waals surface area contributed by atoms with Crippen LogP contribution >= 0.6 is 0 Å². The summed E-state index contributed by atoms with van der Waals surface area (Å²) in [5.74, 6) is 0.622. The quantitative estimate of drug-likeness (QED) is 0.718. The van der Waals surface area contributed by atoms with E-state index in [9.17, 15) is 9.59 Å². The molecule has 26 heavy (non-hydrogen) atoms. The molecular formula is C21H22N2O3. The van der Waals surface area contributed by atoms with E-state index in [0.29, 0.717) is 24.3 Å². The molecule has 0 aliphatic carbocycles. The second-order valence-corrected chi connectivity index (χ2v) is 6.34. The van der Waals surface area contributed by atoms with Gasteiger partial charge in [-0.15, -0.1) is 0 Å². The van der Waals surface area contributed by atoms with E-state index in [0.717, 1.165) is 22.0 Å². The number of H-pyrrole nitrogens is 1. The van der Waals surface area contributed by atoms with E-state index in [1.807, 2.05) is 49.4 Å². The summed E-state index contributed by atoms with van der Waals surface area (Å²) in [5, 5.41) is 3.82. The van der Waals surface area contributed by atoms with Gasteiger partial charge in [0.15, 0.2) is 0 Å². The lowest BCUT2D eigenvalue weighted by Gasteiger charge is -2.07. The summed E-state index contributed by atoms with van der Waals surface area (Å²) in [6.07, 6.45) is 0.674. The van der Waals surface area contributed by atoms with Crippen LogP contribution in [-0.2, 0) is 17.8 Å². The number of amides is 1. The Hall–Kier alpha value is -3.08. The summed E-state index contributed by atoms with van der Waals surface area (Å²) in [5.41, 5.74) is 3.39. The van der Waals surface area contributed by atoms with Crippen LogP contribution in [0.3, 0.4) is 0 Å². The van der Waals surface area contributed by atoms with Gasteiger partial charge in [-0.2, -0.15) is 0 Å². The zero-order chi connectivity index (χ0) is 18.5. The average Bonchev–Trinajstić information content (AvgIpc) is 2.64. The van der Waals surface area contributed by atoms with Gasteiger partial charge >= 0.3 is 0 Å². The van der Waals surface area contributed by atoms with Crippen LogP contribution in [0, 0.1) is 6.92 Å². The van der Waals surface area contributed by atoms with E-state index in [1.165, 1.54) is 0 Å². The fraction of sp³-hybridized carbons (Fsp3) is 0.238. The lowest BCUT2D eigenvalue weighted by molar-refractivity contribution is -0.121. The van der Waals surface area contributed by atoms with Crippen molar-refractivity contribution < 1.29 is 9.53 Å². The highest BCUT2D eigenvalue weighted by molar-refractivity contribution is 5.81. The van der Waals surface area contributed by atoms with Crippen LogP contribution in [0.25, 0.3) is 10.9 Å². The number of hydrogen-bond donors (Lipinski definition) is 2. The lowest BCUT2D eigenvalue weighted by atomic mass is 10.1. The molecule has 5 heteroatoms. The van der Waals surface area contributed by atoms with E-state index in [-0.39, 0.29) is 17.9 Å². The third-order valence-corrected chi connectivity index (χ3v) is 4.32. The van der Waals surface area contributed by atoms with Gasteiger partial charge in [-0.05, 0) is 42.5 Å². The van der Waals surface area contributed by atoms with E-state index in [1.54, 1.807) is 13.2 Å². The molecule has 0 saturated carbocycles. The molecule has 3 rings (SSSR count). The number of aromatic nitrogens is 1. The molecule has 1 heterocycles. The average molecular weight is 350 g/mol. The van der Waals surface area contributed by atoms with Crippen molar-refractivity contribution in [1.82, 2.24) is 10.3 Å². The molecule has 1 aromatic heterocycles. The second-order valence-electron chi connectivity index (χ2n) is 6.34. The van der Waals surface area contributed by atoms with Gasteiger partial charge in [0.2, 0.25) is 5.91 Å². The van der Waals surface area contributed by atoms with Crippen LogP contribution in [0.2, 0.25) is 0 Å². The number of hydrogen-bond acceptors (Lipinski definition) is 3. The molecule has 0 bridgehead atoms. The molecule has 0 aliphatic rings. The van der Waals surface area contributed by atoms with Crippen LogP contribution in [0.5, 0.6) is 5.75 Å². The van der Waals surface area contributed by atoms with Crippen molar-refractivity contribution in [3.63, 3.8) is 0 Å². The van der Waals surface area contributed by atoms with Crippen LogP contribution in [0.4, 0.5) is 0 Å². The predicted octanol–water partition coefficient (Wildman–Crippen LogP) is 3.09. The van der Waals surface area contributed by atoms with Gasteiger partial charge in [0.25, 0.3) is 5.56 Å². The summed E-state index contributed by atoms with van der Waals surface area (Å²) < 4.78 is 5.17. The Morgan fingerprint density at radius 1 is 1.15 bits per heavy atom. The van der Waals surface area contributed by atoms with Gasteiger partial charge in [-0.1, -0.05) is 29.8 Å². The SMILES string of the molecule is COc1ccc2cc(CCC(=O)NCc3cccc(C)c3)c(=O)[nH]c2c1. The highest BCUT2D eigenvalue weighted by atomic mass is 16.5. The topological polar surface area (TPSA) is 71.2 Å². The molecule has 0 spiro atoms. The number of rotatable bonds is 6. The number of methoxy groups -OCH3 is 1. The normalized spacial score (nSPS) is 10.7. The molecule has 0 aliphatic heterocycles. The number of fused-ring (bicyclic) bond motifs is 1. The lowest BCUT2D eigenvalue weighted by Crippen LogP contribution is -2.24. The first-order valence-corrected chi connectivity index (χ1v) is 8.57. The summed E-state index contributed by atoms with van der Waals surface area (Å²) in [4.78, 5) is 27.2. The Morgan fingerprint density at radius 2 is 2.00 bits per heavy atom. The van der Waals surface area contributed by atoms with Crippen molar-refractivity contribution in [3.05, 3.63) is 75.6 Å². The molecule has 3 aromatic rings. The fourth-order valence-corrected chi connectivity index (χ4v) is 2.90. The van der Waals surface area contributed by atoms with Crippen molar-refractivity contribution in [2.75, 3.05) is 7.11 Å². The summed E-state index contributed by atoms with van der Waals surface area (Å²) in [7, 11) is 1.59. The highest BCUT2D eigenvalue weighted by Crippen LogP contribution is 2.18. The molecule has 134 valence electrons. The van der Waals surface area contributed by atoms with Gasteiger partial charge in [-0.25, -0.2) is 0 Å². The van der Waals surface area contributed by atoms with Crippen molar-refractivity contribution >= 4 is 16.8 Å². The van der Waals surface area contributed by atoms with Gasteiger partial charge in [0.05, 0.1) is 12.6 Å². The fourth-order valence-electron chi connectivity index (χ4n) is 2.90. The molecule has 2 N–H and O–H groups in total. The first-order chi connectivity index (χ1) is 12.5. The maximum absolute atomic E-state index is 12.2. The summed E-state index contributed by atoms with van der Waals surface area (Å²) in [6, 6.07) is 15.4. The van der Waals surface area contributed by atoms with Crippen LogP contribution in [-0.4, -0.2) is 18.0 Å².